The number of alkyl halides is 3. The highest BCUT2D eigenvalue weighted by Crippen LogP contribution is 2.38. The fraction of sp³-hybridized carbons (Fsp3) is 0.111. The summed E-state index contributed by atoms with van der Waals surface area (Å²) in [6.07, 6.45) is -1.75. The number of aliphatic hydroxyl groups is 1. The van der Waals surface area contributed by atoms with E-state index in [0.717, 1.165) is 23.6 Å². The van der Waals surface area contributed by atoms with Crippen LogP contribution >= 0.6 is 0 Å². The molecule has 132 valence electrons. The second kappa shape index (κ2) is 5.62. The zero-order valence-corrected chi connectivity index (χ0v) is 13.2. The molecule has 0 radical (unpaired) electrons. The Morgan fingerprint density at radius 3 is 2.54 bits per heavy atom. The summed E-state index contributed by atoms with van der Waals surface area (Å²) in [5.74, 6) is -0.675. The van der Waals surface area contributed by atoms with Crippen molar-refractivity contribution in [2.75, 3.05) is 4.90 Å². The number of benzene rings is 2. The summed E-state index contributed by atoms with van der Waals surface area (Å²) in [6, 6.07) is 8.66. The fourth-order valence-corrected chi connectivity index (χ4v) is 3.06. The molecule has 26 heavy (non-hydrogen) atoms. The Kier molecular flexibility index (Phi) is 3.50. The summed E-state index contributed by atoms with van der Waals surface area (Å²) in [5.41, 5.74) is 0.784. The number of aliphatic hydroxyl groups excluding tert-OH is 1. The predicted octanol–water partition coefficient (Wildman–Crippen LogP) is 4.11. The third kappa shape index (κ3) is 2.59. The van der Waals surface area contributed by atoms with Gasteiger partial charge in [-0.3, -0.25) is 14.8 Å². The van der Waals surface area contributed by atoms with E-state index in [0.29, 0.717) is 16.8 Å². The van der Waals surface area contributed by atoms with Crippen LogP contribution in [-0.2, 0) is 11.0 Å². The van der Waals surface area contributed by atoms with E-state index in [9.17, 15) is 23.1 Å². The lowest BCUT2D eigenvalue weighted by atomic mass is 10.0. The largest absolute Gasteiger partial charge is 0.510 e. The van der Waals surface area contributed by atoms with Gasteiger partial charge in [0.05, 0.1) is 17.3 Å². The molecule has 0 fully saturated rings. The number of aromatic amines is 1. The van der Waals surface area contributed by atoms with Gasteiger partial charge < -0.3 is 5.11 Å². The first kappa shape index (κ1) is 16.2. The van der Waals surface area contributed by atoms with Crippen molar-refractivity contribution in [3.8, 4) is 0 Å². The number of carbonyl (C=O) groups excluding carboxylic acids is 1. The number of anilines is 1. The number of carbonyl (C=O) groups is 1. The number of rotatable bonds is 2. The van der Waals surface area contributed by atoms with Crippen LogP contribution < -0.4 is 4.90 Å². The maximum absolute atomic E-state index is 12.8. The van der Waals surface area contributed by atoms with Crippen molar-refractivity contribution >= 4 is 22.5 Å². The monoisotopic (exact) mass is 359 g/mol. The van der Waals surface area contributed by atoms with Gasteiger partial charge >= 0.3 is 6.18 Å². The molecule has 1 atom stereocenters. The van der Waals surface area contributed by atoms with Crippen LogP contribution in [0.15, 0.2) is 60.5 Å². The predicted molar refractivity (Wildman–Crippen MR) is 88.5 cm³/mol. The van der Waals surface area contributed by atoms with Crippen LogP contribution in [0.3, 0.4) is 0 Å². The highest BCUT2D eigenvalue weighted by molar-refractivity contribution is 6.06. The standard InChI is InChI=1S/C18H12F3N3O2/c19-18(20,21)12-4-1-10(2-5-12)17-15(25)8-16(26)24(17)13-6-3-11-9-22-23-14(11)7-13/h1-9,17,25H,(H,22,23). The Labute approximate surface area is 145 Å². The van der Waals surface area contributed by atoms with E-state index in [2.05, 4.69) is 10.2 Å². The number of hydrogen-bond donors (Lipinski definition) is 2. The average Bonchev–Trinajstić information content (AvgIpc) is 3.17. The molecule has 0 saturated heterocycles. The smallest absolute Gasteiger partial charge is 0.416 e. The number of fused-ring (bicyclic) bond motifs is 1. The molecular formula is C18H12F3N3O2. The van der Waals surface area contributed by atoms with E-state index in [1.54, 1.807) is 24.4 Å². The van der Waals surface area contributed by atoms with Gasteiger partial charge in [-0.2, -0.15) is 18.3 Å². The highest BCUT2D eigenvalue weighted by atomic mass is 19.4. The fourth-order valence-electron chi connectivity index (χ4n) is 3.06. The maximum atomic E-state index is 12.8. The average molecular weight is 359 g/mol. The molecule has 1 aliphatic rings. The van der Waals surface area contributed by atoms with Crippen LogP contribution in [0, 0.1) is 0 Å². The summed E-state index contributed by atoms with van der Waals surface area (Å²) in [5, 5.41) is 17.8. The number of hydrogen-bond acceptors (Lipinski definition) is 3. The van der Waals surface area contributed by atoms with Crippen molar-refractivity contribution < 1.29 is 23.1 Å². The third-order valence-electron chi connectivity index (χ3n) is 4.30. The van der Waals surface area contributed by atoms with Crippen LogP contribution in [0.5, 0.6) is 0 Å². The lowest BCUT2D eigenvalue weighted by Crippen LogP contribution is -2.29. The molecule has 2 N–H and O–H groups in total. The molecule has 1 aliphatic heterocycles. The Morgan fingerprint density at radius 2 is 1.85 bits per heavy atom. The molecule has 1 unspecified atom stereocenters. The zero-order valence-electron chi connectivity index (χ0n) is 13.2. The maximum Gasteiger partial charge on any atom is 0.416 e. The van der Waals surface area contributed by atoms with Gasteiger partial charge in [0.2, 0.25) is 0 Å². The van der Waals surface area contributed by atoms with Crippen molar-refractivity contribution in [1.29, 1.82) is 0 Å². The molecular weight excluding hydrogens is 347 g/mol. The van der Waals surface area contributed by atoms with E-state index in [1.807, 2.05) is 0 Å². The van der Waals surface area contributed by atoms with Crippen LogP contribution in [0.4, 0.5) is 18.9 Å². The van der Waals surface area contributed by atoms with Crippen molar-refractivity contribution in [3.63, 3.8) is 0 Å². The second-order valence-corrected chi connectivity index (χ2v) is 5.94. The Balaban J connectivity index is 1.75. The molecule has 0 bridgehead atoms. The summed E-state index contributed by atoms with van der Waals surface area (Å²) in [6.45, 7) is 0. The van der Waals surface area contributed by atoms with Gasteiger partial charge in [0.25, 0.3) is 5.91 Å². The van der Waals surface area contributed by atoms with E-state index in [1.165, 1.54) is 17.0 Å². The first-order valence-corrected chi connectivity index (χ1v) is 7.68. The van der Waals surface area contributed by atoms with E-state index < -0.39 is 23.7 Å². The summed E-state index contributed by atoms with van der Waals surface area (Å²) in [7, 11) is 0. The van der Waals surface area contributed by atoms with Gasteiger partial charge in [-0.1, -0.05) is 12.1 Å². The number of aromatic nitrogens is 2. The molecule has 3 aromatic rings. The van der Waals surface area contributed by atoms with Gasteiger partial charge in [-0.15, -0.1) is 0 Å². The van der Waals surface area contributed by atoms with Crippen molar-refractivity contribution in [2.45, 2.75) is 12.2 Å². The van der Waals surface area contributed by atoms with Gasteiger partial charge in [-0.25, -0.2) is 0 Å². The van der Waals surface area contributed by atoms with Crippen molar-refractivity contribution in [3.05, 3.63) is 71.6 Å². The lowest BCUT2D eigenvalue weighted by Gasteiger charge is -2.26. The first-order valence-electron chi connectivity index (χ1n) is 7.68. The van der Waals surface area contributed by atoms with Gasteiger partial charge in [0.1, 0.15) is 11.8 Å². The lowest BCUT2D eigenvalue weighted by molar-refractivity contribution is -0.137. The molecule has 1 amide bonds. The van der Waals surface area contributed by atoms with E-state index in [-0.39, 0.29) is 5.76 Å². The third-order valence-corrected chi connectivity index (χ3v) is 4.30. The number of amides is 1. The molecule has 5 nitrogen and oxygen atoms in total. The quantitative estimate of drug-likeness (QED) is 0.723. The molecule has 2 aromatic carbocycles. The van der Waals surface area contributed by atoms with E-state index in [4.69, 9.17) is 0 Å². The Morgan fingerprint density at radius 1 is 1.12 bits per heavy atom. The number of nitrogens with zero attached hydrogens (tertiary/aromatic N) is 2. The van der Waals surface area contributed by atoms with Gasteiger partial charge in [-0.05, 0) is 35.9 Å². The molecule has 1 aromatic heterocycles. The molecule has 2 heterocycles. The number of H-pyrrole nitrogens is 1. The molecule has 0 spiro atoms. The molecule has 0 aliphatic carbocycles. The Bertz CT molecular complexity index is 1020. The molecule has 4 rings (SSSR count). The summed E-state index contributed by atoms with van der Waals surface area (Å²) in [4.78, 5) is 13.7. The highest BCUT2D eigenvalue weighted by Gasteiger charge is 2.36. The minimum absolute atomic E-state index is 0.223. The van der Waals surface area contributed by atoms with Gasteiger partial charge in [0, 0.05) is 17.1 Å². The van der Waals surface area contributed by atoms with Crippen molar-refractivity contribution in [2.24, 2.45) is 0 Å². The Hall–Kier alpha value is -3.29. The molecule has 8 heteroatoms. The van der Waals surface area contributed by atoms with Crippen LogP contribution in [-0.4, -0.2) is 21.2 Å². The second-order valence-electron chi connectivity index (χ2n) is 5.94. The summed E-state index contributed by atoms with van der Waals surface area (Å²) >= 11 is 0. The minimum atomic E-state index is -4.45. The van der Waals surface area contributed by atoms with E-state index >= 15 is 0 Å². The first-order chi connectivity index (χ1) is 12.3. The molecule has 0 saturated carbocycles. The number of nitrogens with one attached hydrogen (secondary N) is 1. The SMILES string of the molecule is O=C1C=C(O)C(c2ccc(C(F)(F)F)cc2)N1c1ccc2cn[nH]c2c1. The van der Waals surface area contributed by atoms with Gasteiger partial charge in [0.15, 0.2) is 0 Å². The van der Waals surface area contributed by atoms with Crippen LogP contribution in [0.2, 0.25) is 0 Å². The normalized spacial score (nSPS) is 17.8. The summed E-state index contributed by atoms with van der Waals surface area (Å²) < 4.78 is 38.3. The van der Waals surface area contributed by atoms with Crippen LogP contribution in [0.1, 0.15) is 17.2 Å². The minimum Gasteiger partial charge on any atom is -0.510 e. The topological polar surface area (TPSA) is 69.2 Å². The van der Waals surface area contributed by atoms with Crippen LogP contribution in [0.25, 0.3) is 10.9 Å². The zero-order chi connectivity index (χ0) is 18.5. The number of halogens is 3. The van der Waals surface area contributed by atoms with Crippen molar-refractivity contribution in [1.82, 2.24) is 10.2 Å².